The molecular formula is C13H14F2N2. The Balaban J connectivity index is 2.11. The van der Waals surface area contributed by atoms with E-state index in [-0.39, 0.29) is 12.0 Å². The first-order valence-corrected chi connectivity index (χ1v) is 5.81. The van der Waals surface area contributed by atoms with Crippen molar-refractivity contribution in [3.8, 4) is 6.07 Å². The third-order valence-electron chi connectivity index (χ3n) is 3.15. The predicted octanol–water partition coefficient (Wildman–Crippen LogP) is 3.46. The van der Waals surface area contributed by atoms with Crippen molar-refractivity contribution < 1.29 is 8.78 Å². The van der Waals surface area contributed by atoms with Crippen molar-refractivity contribution in [1.82, 2.24) is 0 Å². The van der Waals surface area contributed by atoms with Gasteiger partial charge in [-0.05, 0) is 25.0 Å². The summed E-state index contributed by atoms with van der Waals surface area (Å²) in [4.78, 5) is 0. The van der Waals surface area contributed by atoms with Crippen LogP contribution in [0.2, 0.25) is 0 Å². The van der Waals surface area contributed by atoms with Gasteiger partial charge in [0.15, 0.2) is 0 Å². The number of hydrogen-bond donors (Lipinski definition) is 1. The van der Waals surface area contributed by atoms with Crippen molar-refractivity contribution in [3.63, 3.8) is 0 Å². The summed E-state index contributed by atoms with van der Waals surface area (Å²) in [5.74, 6) is -1.27. The number of benzene rings is 1. The molecule has 1 fully saturated rings. The molecular weight excluding hydrogens is 222 g/mol. The van der Waals surface area contributed by atoms with E-state index in [1.54, 1.807) is 0 Å². The first kappa shape index (κ1) is 11.8. The largest absolute Gasteiger partial charge is 0.381 e. The van der Waals surface area contributed by atoms with Gasteiger partial charge in [0, 0.05) is 17.8 Å². The van der Waals surface area contributed by atoms with Crippen LogP contribution < -0.4 is 5.32 Å². The van der Waals surface area contributed by atoms with Gasteiger partial charge in [0.25, 0.3) is 0 Å². The van der Waals surface area contributed by atoms with Gasteiger partial charge in [-0.3, -0.25) is 0 Å². The summed E-state index contributed by atoms with van der Waals surface area (Å²) >= 11 is 0. The van der Waals surface area contributed by atoms with Crippen LogP contribution in [0.25, 0.3) is 0 Å². The highest BCUT2D eigenvalue weighted by Crippen LogP contribution is 2.27. The predicted molar refractivity (Wildman–Crippen MR) is 61.3 cm³/mol. The van der Waals surface area contributed by atoms with Gasteiger partial charge in [-0.25, -0.2) is 8.78 Å². The van der Waals surface area contributed by atoms with Crippen LogP contribution in [0.15, 0.2) is 18.2 Å². The van der Waals surface area contributed by atoms with Crippen LogP contribution in [0.5, 0.6) is 0 Å². The highest BCUT2D eigenvalue weighted by molar-refractivity contribution is 5.45. The molecule has 4 heteroatoms. The van der Waals surface area contributed by atoms with E-state index in [1.807, 2.05) is 0 Å². The van der Waals surface area contributed by atoms with Crippen LogP contribution in [0.4, 0.5) is 14.5 Å². The second-order valence-corrected chi connectivity index (χ2v) is 4.43. The maximum Gasteiger partial charge on any atom is 0.128 e. The first-order chi connectivity index (χ1) is 8.19. The lowest BCUT2D eigenvalue weighted by atomic mass is 9.85. The molecule has 2 unspecified atom stereocenters. The Labute approximate surface area is 99.3 Å². The van der Waals surface area contributed by atoms with Crippen LogP contribution >= 0.6 is 0 Å². The van der Waals surface area contributed by atoms with Gasteiger partial charge < -0.3 is 5.32 Å². The molecule has 1 saturated carbocycles. The van der Waals surface area contributed by atoms with Crippen LogP contribution in [0.3, 0.4) is 0 Å². The monoisotopic (exact) mass is 236 g/mol. The van der Waals surface area contributed by atoms with Crippen molar-refractivity contribution in [2.24, 2.45) is 5.92 Å². The molecule has 1 aromatic rings. The van der Waals surface area contributed by atoms with Crippen molar-refractivity contribution in [3.05, 3.63) is 29.8 Å². The molecule has 0 aliphatic heterocycles. The van der Waals surface area contributed by atoms with Crippen molar-refractivity contribution in [2.75, 3.05) is 5.32 Å². The number of anilines is 1. The Morgan fingerprint density at radius 1 is 1.12 bits per heavy atom. The molecule has 2 nitrogen and oxygen atoms in total. The lowest BCUT2D eigenvalue weighted by molar-refractivity contribution is 0.388. The SMILES string of the molecule is N#CC1CCCCC1Nc1cc(F)cc(F)c1. The molecule has 0 saturated heterocycles. The standard InChI is InChI=1S/C13H14F2N2/c14-10-5-11(15)7-12(6-10)17-13-4-2-1-3-9(13)8-16/h5-7,9,13,17H,1-4H2. The number of nitriles is 1. The average Bonchev–Trinajstić information content (AvgIpc) is 2.28. The molecule has 0 radical (unpaired) electrons. The molecule has 90 valence electrons. The van der Waals surface area contributed by atoms with E-state index < -0.39 is 11.6 Å². The van der Waals surface area contributed by atoms with E-state index in [0.29, 0.717) is 5.69 Å². The smallest absolute Gasteiger partial charge is 0.128 e. The highest BCUT2D eigenvalue weighted by Gasteiger charge is 2.24. The van der Waals surface area contributed by atoms with Gasteiger partial charge in [-0.1, -0.05) is 12.8 Å². The quantitative estimate of drug-likeness (QED) is 0.853. The summed E-state index contributed by atoms with van der Waals surface area (Å²) in [5.41, 5.74) is 0.412. The molecule has 1 aliphatic carbocycles. The average molecular weight is 236 g/mol. The molecule has 0 aromatic heterocycles. The third-order valence-corrected chi connectivity index (χ3v) is 3.15. The number of rotatable bonds is 2. The summed E-state index contributed by atoms with van der Waals surface area (Å²) in [6.45, 7) is 0. The van der Waals surface area contributed by atoms with Crippen molar-refractivity contribution in [1.29, 1.82) is 5.26 Å². The number of nitrogens with one attached hydrogen (secondary N) is 1. The summed E-state index contributed by atoms with van der Waals surface area (Å²) in [7, 11) is 0. The van der Waals surface area contributed by atoms with Crippen LogP contribution in [-0.2, 0) is 0 Å². The van der Waals surface area contributed by atoms with Crippen LogP contribution in [0.1, 0.15) is 25.7 Å². The Morgan fingerprint density at radius 2 is 1.76 bits per heavy atom. The Hall–Kier alpha value is -1.63. The lowest BCUT2D eigenvalue weighted by Gasteiger charge is -2.28. The fourth-order valence-electron chi connectivity index (χ4n) is 2.31. The van der Waals surface area contributed by atoms with Crippen molar-refractivity contribution in [2.45, 2.75) is 31.7 Å². The first-order valence-electron chi connectivity index (χ1n) is 5.81. The maximum absolute atomic E-state index is 13.0. The zero-order valence-electron chi connectivity index (χ0n) is 9.42. The molecule has 2 atom stereocenters. The summed E-state index contributed by atoms with van der Waals surface area (Å²) in [6.07, 6.45) is 3.82. The van der Waals surface area contributed by atoms with Crippen molar-refractivity contribution >= 4 is 5.69 Å². The maximum atomic E-state index is 13.0. The van der Waals surface area contributed by atoms with Gasteiger partial charge in [-0.15, -0.1) is 0 Å². The number of halogens is 2. The molecule has 17 heavy (non-hydrogen) atoms. The highest BCUT2D eigenvalue weighted by atomic mass is 19.1. The second-order valence-electron chi connectivity index (χ2n) is 4.43. The summed E-state index contributed by atoms with van der Waals surface area (Å²) in [6, 6.07) is 5.60. The Bertz CT molecular complexity index is 419. The Kier molecular flexibility index (Phi) is 3.58. The summed E-state index contributed by atoms with van der Waals surface area (Å²) in [5, 5.41) is 12.1. The molecule has 2 rings (SSSR count). The topological polar surface area (TPSA) is 35.8 Å². The molecule has 1 N–H and O–H groups in total. The second kappa shape index (κ2) is 5.13. The normalized spacial score (nSPS) is 24.1. The number of nitrogens with zero attached hydrogens (tertiary/aromatic N) is 1. The minimum Gasteiger partial charge on any atom is -0.381 e. The lowest BCUT2D eigenvalue weighted by Crippen LogP contribution is -2.31. The van der Waals surface area contributed by atoms with Crippen LogP contribution in [0, 0.1) is 28.9 Å². The zero-order valence-corrected chi connectivity index (χ0v) is 9.42. The molecule has 0 heterocycles. The van der Waals surface area contributed by atoms with E-state index in [2.05, 4.69) is 11.4 Å². The number of hydrogen-bond acceptors (Lipinski definition) is 2. The van der Waals surface area contributed by atoms with Gasteiger partial charge >= 0.3 is 0 Å². The van der Waals surface area contributed by atoms with Gasteiger partial charge in [0.05, 0.1) is 12.0 Å². The minimum absolute atomic E-state index is 0.00468. The summed E-state index contributed by atoms with van der Waals surface area (Å²) < 4.78 is 26.0. The van der Waals surface area contributed by atoms with Gasteiger partial charge in [0.1, 0.15) is 11.6 Å². The Morgan fingerprint density at radius 3 is 2.41 bits per heavy atom. The van der Waals surface area contributed by atoms with E-state index in [1.165, 1.54) is 12.1 Å². The molecule has 0 bridgehead atoms. The van der Waals surface area contributed by atoms with E-state index in [4.69, 9.17) is 5.26 Å². The fraction of sp³-hybridized carbons (Fsp3) is 0.462. The van der Waals surface area contributed by atoms with E-state index in [0.717, 1.165) is 31.7 Å². The third kappa shape index (κ3) is 2.94. The minimum atomic E-state index is -0.600. The molecule has 1 aromatic carbocycles. The van der Waals surface area contributed by atoms with E-state index >= 15 is 0 Å². The molecule has 0 amide bonds. The van der Waals surface area contributed by atoms with Gasteiger partial charge in [0.2, 0.25) is 0 Å². The molecule has 1 aliphatic rings. The van der Waals surface area contributed by atoms with Crippen LogP contribution in [-0.4, -0.2) is 6.04 Å². The van der Waals surface area contributed by atoms with E-state index in [9.17, 15) is 8.78 Å². The fourth-order valence-corrected chi connectivity index (χ4v) is 2.31. The van der Waals surface area contributed by atoms with Gasteiger partial charge in [-0.2, -0.15) is 5.26 Å². The zero-order chi connectivity index (χ0) is 12.3. The molecule has 0 spiro atoms.